The summed E-state index contributed by atoms with van der Waals surface area (Å²) in [7, 11) is -2.59. The van der Waals surface area contributed by atoms with E-state index in [2.05, 4.69) is 6.58 Å². The van der Waals surface area contributed by atoms with E-state index in [4.69, 9.17) is 29.6 Å². The molecule has 22 heavy (non-hydrogen) atoms. The Morgan fingerprint density at radius 1 is 1.09 bits per heavy atom. The maximum atomic E-state index is 10.9. The molecule has 0 amide bonds. The molecule has 0 heterocycles. The fourth-order valence-corrected chi connectivity index (χ4v) is 4.10. The lowest BCUT2D eigenvalue weighted by Crippen LogP contribution is -2.46. The lowest BCUT2D eigenvalue weighted by molar-refractivity contribution is -0.137. The molecule has 0 N–H and O–H groups in total. The molecule has 0 aromatic carbocycles. The van der Waals surface area contributed by atoms with E-state index in [-0.39, 0.29) is 0 Å². The van der Waals surface area contributed by atoms with Crippen molar-refractivity contribution in [3.63, 3.8) is 0 Å². The Morgan fingerprint density at radius 2 is 1.55 bits per heavy atom. The van der Waals surface area contributed by atoms with Crippen LogP contribution in [-0.4, -0.2) is 47.1 Å². The molecule has 0 bridgehead atoms. The van der Waals surface area contributed by atoms with Crippen LogP contribution in [0.1, 0.15) is 40.5 Å². The summed E-state index contributed by atoms with van der Waals surface area (Å²) in [5, 5.41) is 0. The van der Waals surface area contributed by atoms with Crippen molar-refractivity contribution in [1.29, 1.82) is 0 Å². The molecule has 7 heteroatoms. The normalized spacial score (nSPS) is 10.6. The number of ether oxygens (including phenoxy) is 1. The molecule has 0 saturated carbocycles. The SMILES string of the molecule is C=CC(=O)OCCC[Si](OCC)(OCC)OCC.CCCCl. The largest absolute Gasteiger partial charge is 0.501 e. The van der Waals surface area contributed by atoms with Gasteiger partial charge in [0, 0.05) is 37.8 Å². The van der Waals surface area contributed by atoms with Crippen molar-refractivity contribution in [3.8, 4) is 0 Å². The van der Waals surface area contributed by atoms with Crippen LogP contribution >= 0.6 is 11.6 Å². The molecule has 0 aliphatic carbocycles. The molecule has 0 aromatic heterocycles. The summed E-state index contributed by atoms with van der Waals surface area (Å²) < 4.78 is 22.0. The van der Waals surface area contributed by atoms with E-state index in [0.29, 0.717) is 38.9 Å². The fourth-order valence-electron chi connectivity index (χ4n) is 1.52. The molecule has 5 nitrogen and oxygen atoms in total. The van der Waals surface area contributed by atoms with E-state index in [9.17, 15) is 4.79 Å². The van der Waals surface area contributed by atoms with Gasteiger partial charge in [-0.05, 0) is 33.6 Å². The molecule has 0 rings (SSSR count). The number of rotatable bonds is 12. The van der Waals surface area contributed by atoms with Gasteiger partial charge in [-0.25, -0.2) is 4.79 Å². The van der Waals surface area contributed by atoms with E-state index in [0.717, 1.165) is 18.4 Å². The van der Waals surface area contributed by atoms with Crippen molar-refractivity contribution < 1.29 is 22.8 Å². The van der Waals surface area contributed by atoms with Crippen LogP contribution in [-0.2, 0) is 22.8 Å². The first kappa shape index (κ1) is 23.9. The first-order valence-electron chi connectivity index (χ1n) is 7.82. The van der Waals surface area contributed by atoms with Crippen molar-refractivity contribution in [3.05, 3.63) is 12.7 Å². The van der Waals surface area contributed by atoms with Gasteiger partial charge in [0.25, 0.3) is 0 Å². The molecule has 0 atom stereocenters. The van der Waals surface area contributed by atoms with Crippen LogP contribution in [0.4, 0.5) is 0 Å². The van der Waals surface area contributed by atoms with Gasteiger partial charge < -0.3 is 18.0 Å². The van der Waals surface area contributed by atoms with Gasteiger partial charge in [0.1, 0.15) is 0 Å². The highest BCUT2D eigenvalue weighted by molar-refractivity contribution is 6.60. The second kappa shape index (κ2) is 17.0. The highest BCUT2D eigenvalue weighted by Gasteiger charge is 2.39. The van der Waals surface area contributed by atoms with Gasteiger partial charge in [-0.1, -0.05) is 13.5 Å². The Morgan fingerprint density at radius 3 is 1.86 bits per heavy atom. The molecule has 0 aliphatic rings. The number of carbonyl (C=O) groups excluding carboxylic acids is 1. The molecule has 0 radical (unpaired) electrons. The van der Waals surface area contributed by atoms with Crippen molar-refractivity contribution in [2.24, 2.45) is 0 Å². The topological polar surface area (TPSA) is 54.0 Å². The van der Waals surface area contributed by atoms with Gasteiger partial charge in [-0.3, -0.25) is 0 Å². The average Bonchev–Trinajstić information content (AvgIpc) is 2.52. The molecular weight excluding hydrogens is 324 g/mol. The minimum atomic E-state index is -2.59. The number of hydrogen-bond donors (Lipinski definition) is 0. The van der Waals surface area contributed by atoms with Crippen molar-refractivity contribution in [1.82, 2.24) is 0 Å². The summed E-state index contributed by atoms with van der Waals surface area (Å²) >= 11 is 5.19. The van der Waals surface area contributed by atoms with Gasteiger partial charge >= 0.3 is 14.8 Å². The average molecular weight is 355 g/mol. The van der Waals surface area contributed by atoms with Gasteiger partial charge in [-0.15, -0.1) is 11.6 Å². The smallest absolute Gasteiger partial charge is 0.463 e. The predicted molar refractivity (Wildman–Crippen MR) is 92.2 cm³/mol. The van der Waals surface area contributed by atoms with Crippen molar-refractivity contribution >= 4 is 26.4 Å². The van der Waals surface area contributed by atoms with Crippen molar-refractivity contribution in [2.75, 3.05) is 32.3 Å². The van der Waals surface area contributed by atoms with E-state index in [1.807, 2.05) is 27.7 Å². The lowest BCUT2D eigenvalue weighted by Gasteiger charge is -2.28. The number of hydrogen-bond acceptors (Lipinski definition) is 5. The Labute approximate surface area is 141 Å². The third-order valence-electron chi connectivity index (χ3n) is 2.32. The number of alkyl halides is 1. The Balaban J connectivity index is 0. The maximum Gasteiger partial charge on any atom is 0.501 e. The third kappa shape index (κ3) is 13.3. The summed E-state index contributed by atoms with van der Waals surface area (Å²) in [4.78, 5) is 10.9. The van der Waals surface area contributed by atoms with Crippen LogP contribution in [0.15, 0.2) is 12.7 Å². The molecule has 0 spiro atoms. The predicted octanol–water partition coefficient (Wildman–Crippen LogP) is 3.79. The molecule has 0 unspecified atom stereocenters. The fraction of sp³-hybridized carbons (Fsp3) is 0.800. The standard InChI is InChI=1S/C12H24O5Si.C3H7Cl/c1-5-12(13)14-10-9-11-18(15-6-2,16-7-3)17-8-4;1-2-3-4/h5H,1,6-11H2,2-4H3;2-3H2,1H3. The molecular formula is C15H31ClO5Si. The van der Waals surface area contributed by atoms with Crippen molar-refractivity contribution in [2.45, 2.75) is 46.6 Å². The van der Waals surface area contributed by atoms with Crippen LogP contribution in [0.3, 0.4) is 0 Å². The Hall–Kier alpha value is -0.403. The van der Waals surface area contributed by atoms with Crippen LogP contribution < -0.4 is 0 Å². The Kier molecular flexibility index (Phi) is 18.4. The van der Waals surface area contributed by atoms with Gasteiger partial charge in [-0.2, -0.15) is 0 Å². The van der Waals surface area contributed by atoms with E-state index < -0.39 is 14.8 Å². The summed E-state index contributed by atoms with van der Waals surface area (Å²) in [6, 6.07) is 0.646. The monoisotopic (exact) mass is 354 g/mol. The zero-order chi connectivity index (χ0) is 17.3. The zero-order valence-electron chi connectivity index (χ0n) is 14.4. The summed E-state index contributed by atoms with van der Waals surface area (Å²) in [5.74, 6) is 0.381. The summed E-state index contributed by atoms with van der Waals surface area (Å²) in [6.07, 6.45) is 2.89. The number of esters is 1. The minimum Gasteiger partial charge on any atom is -0.463 e. The van der Waals surface area contributed by atoms with Crippen LogP contribution in [0.5, 0.6) is 0 Å². The van der Waals surface area contributed by atoms with E-state index in [1.165, 1.54) is 0 Å². The van der Waals surface area contributed by atoms with E-state index in [1.54, 1.807) is 0 Å². The number of carbonyl (C=O) groups is 1. The first-order valence-corrected chi connectivity index (χ1v) is 10.3. The van der Waals surface area contributed by atoms with Crippen LogP contribution in [0, 0.1) is 0 Å². The van der Waals surface area contributed by atoms with Gasteiger partial charge in [0.15, 0.2) is 0 Å². The highest BCUT2D eigenvalue weighted by atomic mass is 35.5. The highest BCUT2D eigenvalue weighted by Crippen LogP contribution is 2.18. The maximum absolute atomic E-state index is 10.9. The quantitative estimate of drug-likeness (QED) is 0.175. The molecule has 0 aliphatic heterocycles. The van der Waals surface area contributed by atoms with Crippen LogP contribution in [0.2, 0.25) is 6.04 Å². The summed E-state index contributed by atoms with van der Waals surface area (Å²) in [6.45, 7) is 13.1. The van der Waals surface area contributed by atoms with Gasteiger partial charge in [0.05, 0.1) is 6.61 Å². The minimum absolute atomic E-state index is 0.326. The zero-order valence-corrected chi connectivity index (χ0v) is 16.1. The third-order valence-corrected chi connectivity index (χ3v) is 5.85. The Bertz CT molecular complexity index is 258. The summed E-state index contributed by atoms with van der Waals surface area (Å²) in [5.41, 5.74) is 0. The first-order chi connectivity index (χ1) is 10.6. The molecule has 132 valence electrons. The molecule has 0 fully saturated rings. The molecule has 0 aromatic rings. The molecule has 0 saturated heterocycles. The lowest BCUT2D eigenvalue weighted by atomic mass is 10.5. The second-order valence-electron chi connectivity index (χ2n) is 4.15. The van der Waals surface area contributed by atoms with E-state index >= 15 is 0 Å². The number of halogens is 1. The van der Waals surface area contributed by atoms with Crippen LogP contribution in [0.25, 0.3) is 0 Å². The van der Waals surface area contributed by atoms with Gasteiger partial charge in [0.2, 0.25) is 0 Å². The second-order valence-corrected chi connectivity index (χ2v) is 7.26.